The van der Waals surface area contributed by atoms with E-state index in [1.807, 2.05) is 4.90 Å². The Morgan fingerprint density at radius 2 is 1.85 bits per heavy atom. The SMILES string of the molecule is O=C(COc1ccccc1F)NCC1CCN(C(=O)c2ccncc2)CC1. The van der Waals surface area contributed by atoms with E-state index < -0.39 is 5.82 Å². The van der Waals surface area contributed by atoms with Crippen LogP contribution in [0.25, 0.3) is 0 Å². The third-order valence-electron chi connectivity index (χ3n) is 4.61. The second kappa shape index (κ2) is 9.12. The van der Waals surface area contributed by atoms with Crippen molar-refractivity contribution in [2.24, 2.45) is 5.92 Å². The standard InChI is InChI=1S/C20H22FN3O3/c21-17-3-1-2-4-18(17)27-14-19(25)23-13-15-7-11-24(12-8-15)20(26)16-5-9-22-10-6-16/h1-6,9-10,15H,7-8,11-14H2,(H,23,25). The van der Waals surface area contributed by atoms with E-state index in [4.69, 9.17) is 4.74 Å². The summed E-state index contributed by atoms with van der Waals surface area (Å²) >= 11 is 0. The predicted molar refractivity (Wildman–Crippen MR) is 97.8 cm³/mol. The molecule has 3 rings (SSSR count). The number of nitrogens with zero attached hydrogens (tertiary/aromatic N) is 2. The number of carbonyl (C=O) groups is 2. The van der Waals surface area contributed by atoms with Crippen molar-refractivity contribution in [2.45, 2.75) is 12.8 Å². The largest absolute Gasteiger partial charge is 0.481 e. The molecule has 0 aliphatic carbocycles. The van der Waals surface area contributed by atoms with Crippen LogP contribution in [0.2, 0.25) is 0 Å². The Balaban J connectivity index is 1.37. The van der Waals surface area contributed by atoms with Gasteiger partial charge in [0.1, 0.15) is 0 Å². The van der Waals surface area contributed by atoms with Gasteiger partial charge in [0.2, 0.25) is 0 Å². The predicted octanol–water partition coefficient (Wildman–Crippen LogP) is 2.27. The lowest BCUT2D eigenvalue weighted by Crippen LogP contribution is -2.42. The first kappa shape index (κ1) is 18.8. The zero-order valence-electron chi connectivity index (χ0n) is 14.9. The molecule has 27 heavy (non-hydrogen) atoms. The Morgan fingerprint density at radius 1 is 1.15 bits per heavy atom. The van der Waals surface area contributed by atoms with E-state index in [9.17, 15) is 14.0 Å². The van der Waals surface area contributed by atoms with Crippen molar-refractivity contribution in [3.05, 3.63) is 60.2 Å². The summed E-state index contributed by atoms with van der Waals surface area (Å²) in [5.74, 6) is -0.386. The molecule has 0 atom stereocenters. The number of halogens is 1. The van der Waals surface area contributed by atoms with Crippen LogP contribution in [0.3, 0.4) is 0 Å². The minimum absolute atomic E-state index is 0.0122. The molecule has 0 radical (unpaired) electrons. The molecule has 2 aromatic rings. The highest BCUT2D eigenvalue weighted by Gasteiger charge is 2.23. The highest BCUT2D eigenvalue weighted by Crippen LogP contribution is 2.18. The third-order valence-corrected chi connectivity index (χ3v) is 4.61. The van der Waals surface area contributed by atoms with Crippen molar-refractivity contribution >= 4 is 11.8 Å². The number of amides is 2. The van der Waals surface area contributed by atoms with E-state index in [0.717, 1.165) is 12.8 Å². The summed E-state index contributed by atoms with van der Waals surface area (Å²) in [4.78, 5) is 30.1. The topological polar surface area (TPSA) is 71.5 Å². The zero-order valence-corrected chi connectivity index (χ0v) is 14.9. The first-order valence-corrected chi connectivity index (χ1v) is 8.97. The average Bonchev–Trinajstić information content (AvgIpc) is 2.72. The van der Waals surface area contributed by atoms with Gasteiger partial charge in [0.25, 0.3) is 11.8 Å². The molecule has 0 bridgehead atoms. The van der Waals surface area contributed by atoms with Crippen molar-refractivity contribution in [1.29, 1.82) is 0 Å². The van der Waals surface area contributed by atoms with Crippen LogP contribution in [-0.2, 0) is 4.79 Å². The molecule has 1 aliphatic rings. The van der Waals surface area contributed by atoms with Crippen LogP contribution < -0.4 is 10.1 Å². The average molecular weight is 371 g/mol. The number of nitrogens with one attached hydrogen (secondary N) is 1. The van der Waals surface area contributed by atoms with Crippen LogP contribution in [-0.4, -0.2) is 47.9 Å². The van der Waals surface area contributed by atoms with Crippen LogP contribution in [0, 0.1) is 11.7 Å². The highest BCUT2D eigenvalue weighted by molar-refractivity contribution is 5.94. The van der Waals surface area contributed by atoms with Gasteiger partial charge in [0, 0.05) is 37.6 Å². The number of aromatic nitrogens is 1. The number of pyridine rings is 1. The number of hydrogen-bond acceptors (Lipinski definition) is 4. The third kappa shape index (κ3) is 5.26. The maximum Gasteiger partial charge on any atom is 0.257 e. The molecule has 2 amide bonds. The molecule has 0 unspecified atom stereocenters. The van der Waals surface area contributed by atoms with Gasteiger partial charge in [-0.05, 0) is 43.0 Å². The molecule has 1 aliphatic heterocycles. The van der Waals surface area contributed by atoms with Crippen molar-refractivity contribution in [2.75, 3.05) is 26.2 Å². The minimum Gasteiger partial charge on any atom is -0.481 e. The number of hydrogen-bond donors (Lipinski definition) is 1. The summed E-state index contributed by atoms with van der Waals surface area (Å²) < 4.78 is 18.6. The second-order valence-corrected chi connectivity index (χ2v) is 6.49. The second-order valence-electron chi connectivity index (χ2n) is 6.49. The first-order valence-electron chi connectivity index (χ1n) is 8.97. The Morgan fingerprint density at radius 3 is 2.56 bits per heavy atom. The van der Waals surface area contributed by atoms with Gasteiger partial charge in [-0.1, -0.05) is 12.1 Å². The number of likely N-dealkylation sites (tertiary alicyclic amines) is 1. The Bertz CT molecular complexity index is 777. The summed E-state index contributed by atoms with van der Waals surface area (Å²) in [6.07, 6.45) is 4.87. The summed E-state index contributed by atoms with van der Waals surface area (Å²) in [7, 11) is 0. The maximum atomic E-state index is 13.4. The van der Waals surface area contributed by atoms with Gasteiger partial charge < -0.3 is 15.0 Å². The first-order chi connectivity index (χ1) is 13.1. The molecule has 6 nitrogen and oxygen atoms in total. The normalized spacial score (nSPS) is 14.6. The van der Waals surface area contributed by atoms with Gasteiger partial charge in [0.15, 0.2) is 18.2 Å². The smallest absolute Gasteiger partial charge is 0.257 e. The van der Waals surface area contributed by atoms with E-state index in [0.29, 0.717) is 31.1 Å². The van der Waals surface area contributed by atoms with Gasteiger partial charge >= 0.3 is 0 Å². The summed E-state index contributed by atoms with van der Waals surface area (Å²) in [5.41, 5.74) is 0.641. The van der Waals surface area contributed by atoms with E-state index in [2.05, 4.69) is 10.3 Å². The quantitative estimate of drug-likeness (QED) is 0.846. The van der Waals surface area contributed by atoms with Crippen molar-refractivity contribution < 1.29 is 18.7 Å². The monoisotopic (exact) mass is 371 g/mol. The van der Waals surface area contributed by atoms with Gasteiger partial charge in [-0.15, -0.1) is 0 Å². The number of carbonyl (C=O) groups excluding carboxylic acids is 2. The fourth-order valence-corrected chi connectivity index (χ4v) is 3.03. The molecule has 2 heterocycles. The van der Waals surface area contributed by atoms with Crippen LogP contribution >= 0.6 is 0 Å². The van der Waals surface area contributed by atoms with E-state index in [-0.39, 0.29) is 24.2 Å². The summed E-state index contributed by atoms with van der Waals surface area (Å²) in [5, 5.41) is 2.82. The van der Waals surface area contributed by atoms with E-state index >= 15 is 0 Å². The van der Waals surface area contributed by atoms with Crippen LogP contribution in [0.15, 0.2) is 48.8 Å². The Hall–Kier alpha value is -2.96. The van der Waals surface area contributed by atoms with Crippen molar-refractivity contribution in [3.63, 3.8) is 0 Å². The molecule has 1 saturated heterocycles. The molecule has 0 spiro atoms. The lowest BCUT2D eigenvalue weighted by Gasteiger charge is -2.32. The number of ether oxygens (including phenoxy) is 1. The molecule has 1 aromatic heterocycles. The van der Waals surface area contributed by atoms with Gasteiger partial charge in [-0.3, -0.25) is 14.6 Å². The molecule has 142 valence electrons. The number of rotatable bonds is 6. The number of benzene rings is 1. The number of para-hydroxylation sites is 1. The van der Waals surface area contributed by atoms with Crippen molar-refractivity contribution in [3.8, 4) is 5.75 Å². The Labute approximate surface area is 157 Å². The molecule has 1 N–H and O–H groups in total. The van der Waals surface area contributed by atoms with Crippen molar-refractivity contribution in [1.82, 2.24) is 15.2 Å². The molecule has 7 heteroatoms. The highest BCUT2D eigenvalue weighted by atomic mass is 19.1. The number of piperidine rings is 1. The molecule has 0 saturated carbocycles. The Kier molecular flexibility index (Phi) is 6.35. The summed E-state index contributed by atoms with van der Waals surface area (Å²) in [6, 6.07) is 9.41. The molecular formula is C20H22FN3O3. The summed E-state index contributed by atoms with van der Waals surface area (Å²) in [6.45, 7) is 1.62. The lowest BCUT2D eigenvalue weighted by atomic mass is 9.96. The van der Waals surface area contributed by atoms with Crippen LogP contribution in [0.4, 0.5) is 4.39 Å². The van der Waals surface area contributed by atoms with Gasteiger partial charge in [-0.25, -0.2) is 4.39 Å². The molecule has 1 fully saturated rings. The zero-order chi connectivity index (χ0) is 19.1. The fraction of sp³-hybridized carbons (Fsp3) is 0.350. The van der Waals surface area contributed by atoms with E-state index in [1.54, 1.807) is 36.7 Å². The van der Waals surface area contributed by atoms with Gasteiger partial charge in [0.05, 0.1) is 0 Å². The fourth-order valence-electron chi connectivity index (χ4n) is 3.03. The van der Waals surface area contributed by atoms with Gasteiger partial charge in [-0.2, -0.15) is 0 Å². The van der Waals surface area contributed by atoms with Crippen LogP contribution in [0.5, 0.6) is 5.75 Å². The minimum atomic E-state index is -0.489. The molecule has 1 aromatic carbocycles. The maximum absolute atomic E-state index is 13.4. The van der Waals surface area contributed by atoms with E-state index in [1.165, 1.54) is 12.1 Å². The van der Waals surface area contributed by atoms with Crippen LogP contribution in [0.1, 0.15) is 23.2 Å². The lowest BCUT2D eigenvalue weighted by molar-refractivity contribution is -0.123. The molecular weight excluding hydrogens is 349 g/mol.